The summed E-state index contributed by atoms with van der Waals surface area (Å²) in [5, 5.41) is 3.33. The van der Waals surface area contributed by atoms with Crippen LogP contribution in [0.4, 0.5) is 5.00 Å². The first-order valence-corrected chi connectivity index (χ1v) is 10.2. The van der Waals surface area contributed by atoms with Crippen LogP contribution >= 0.6 is 11.3 Å². The van der Waals surface area contributed by atoms with E-state index in [1.165, 1.54) is 25.4 Å². The fourth-order valence-electron chi connectivity index (χ4n) is 3.30. The number of fused-ring (bicyclic) bond motifs is 1. The molecule has 0 atom stereocenters. The molecule has 154 valence electrons. The number of methoxy groups -OCH3 is 1. The van der Waals surface area contributed by atoms with Gasteiger partial charge in [0.05, 0.1) is 32.2 Å². The van der Waals surface area contributed by atoms with Crippen LogP contribution in [0, 0.1) is 0 Å². The van der Waals surface area contributed by atoms with E-state index < -0.39 is 5.97 Å². The zero-order valence-electron chi connectivity index (χ0n) is 16.7. The molecule has 1 aliphatic heterocycles. The van der Waals surface area contributed by atoms with Gasteiger partial charge in [0, 0.05) is 18.3 Å². The van der Waals surface area contributed by atoms with Crippen LogP contribution in [0.2, 0.25) is 0 Å². The number of hydrogen-bond acceptors (Lipinski definition) is 6. The van der Waals surface area contributed by atoms with Gasteiger partial charge in [-0.3, -0.25) is 9.59 Å². The van der Waals surface area contributed by atoms with Crippen molar-refractivity contribution in [2.75, 3.05) is 25.6 Å². The maximum absolute atomic E-state index is 12.6. The molecule has 1 N–H and O–H groups in total. The molecule has 2 aromatic rings. The van der Waals surface area contributed by atoms with Gasteiger partial charge in [0.1, 0.15) is 10.8 Å². The number of ether oxygens (including phenoxy) is 2. The molecular formula is C21H24N2O5S. The van der Waals surface area contributed by atoms with Gasteiger partial charge < -0.3 is 19.7 Å². The van der Waals surface area contributed by atoms with Crippen LogP contribution in [0.3, 0.4) is 0 Å². The average molecular weight is 416 g/mol. The third kappa shape index (κ3) is 4.76. The number of nitrogens with zero attached hydrogens (tertiary/aromatic N) is 1. The molecule has 1 aliphatic rings. The van der Waals surface area contributed by atoms with E-state index in [4.69, 9.17) is 9.47 Å². The molecule has 3 rings (SSSR count). The lowest BCUT2D eigenvalue weighted by Crippen LogP contribution is -2.33. The van der Waals surface area contributed by atoms with E-state index in [0.717, 1.165) is 21.8 Å². The molecule has 2 heterocycles. The van der Waals surface area contributed by atoms with E-state index >= 15 is 0 Å². The quantitative estimate of drug-likeness (QED) is 0.732. The molecule has 0 unspecified atom stereocenters. The molecule has 8 heteroatoms. The second kappa shape index (κ2) is 9.09. The van der Waals surface area contributed by atoms with Crippen LogP contribution < -0.4 is 10.1 Å². The molecule has 29 heavy (non-hydrogen) atoms. The highest BCUT2D eigenvalue weighted by Gasteiger charge is 2.30. The number of carbonyl (C=O) groups is 3. The monoisotopic (exact) mass is 416 g/mol. The molecule has 0 radical (unpaired) electrons. The smallest absolute Gasteiger partial charge is 0.341 e. The fraction of sp³-hybridized carbons (Fsp3) is 0.381. The van der Waals surface area contributed by atoms with Gasteiger partial charge in [0.15, 0.2) is 0 Å². The standard InChI is InChI=1S/C21H24N2O5S/c1-4-28-15-7-5-14(6-8-15)11-18(25)22-20-19(21(26)27-3)16-9-10-23(13(2)24)12-17(16)29-20/h5-8H,4,9-12H2,1-3H3,(H,22,25). The zero-order chi connectivity index (χ0) is 21.0. The zero-order valence-corrected chi connectivity index (χ0v) is 17.6. The Hall–Kier alpha value is -2.87. The van der Waals surface area contributed by atoms with Gasteiger partial charge in [-0.25, -0.2) is 4.79 Å². The Morgan fingerprint density at radius 1 is 1.21 bits per heavy atom. The third-order valence-corrected chi connectivity index (χ3v) is 5.88. The molecule has 0 saturated heterocycles. The maximum Gasteiger partial charge on any atom is 0.341 e. The molecule has 0 saturated carbocycles. The lowest BCUT2D eigenvalue weighted by atomic mass is 10.0. The molecule has 0 fully saturated rings. The van der Waals surface area contributed by atoms with E-state index in [0.29, 0.717) is 36.7 Å². The van der Waals surface area contributed by atoms with Crippen molar-refractivity contribution in [3.8, 4) is 5.75 Å². The molecule has 1 aromatic heterocycles. The number of thiophene rings is 1. The number of amides is 2. The SMILES string of the molecule is CCOc1ccc(CC(=O)Nc2sc3c(c2C(=O)OC)CCN(C(C)=O)C3)cc1. The van der Waals surface area contributed by atoms with Crippen LogP contribution in [0.1, 0.15) is 40.2 Å². The first kappa shape index (κ1) is 20.9. The minimum atomic E-state index is -0.477. The highest BCUT2D eigenvalue weighted by molar-refractivity contribution is 7.17. The molecule has 2 amide bonds. The lowest BCUT2D eigenvalue weighted by molar-refractivity contribution is -0.129. The summed E-state index contributed by atoms with van der Waals surface area (Å²) in [6.07, 6.45) is 0.736. The highest BCUT2D eigenvalue weighted by Crippen LogP contribution is 2.37. The van der Waals surface area contributed by atoms with Crippen molar-refractivity contribution < 1.29 is 23.9 Å². The van der Waals surface area contributed by atoms with Gasteiger partial charge in [-0.15, -0.1) is 11.3 Å². The van der Waals surface area contributed by atoms with Crippen LogP contribution in [0.15, 0.2) is 24.3 Å². The van der Waals surface area contributed by atoms with Crippen molar-refractivity contribution in [3.05, 3.63) is 45.8 Å². The number of carbonyl (C=O) groups excluding carboxylic acids is 3. The number of rotatable bonds is 6. The summed E-state index contributed by atoms with van der Waals surface area (Å²) in [6, 6.07) is 7.34. The predicted molar refractivity (Wildman–Crippen MR) is 110 cm³/mol. The summed E-state index contributed by atoms with van der Waals surface area (Å²) in [5.41, 5.74) is 2.10. The molecule has 0 bridgehead atoms. The number of nitrogens with one attached hydrogen (secondary N) is 1. The second-order valence-electron chi connectivity index (χ2n) is 6.69. The van der Waals surface area contributed by atoms with Crippen molar-refractivity contribution in [2.24, 2.45) is 0 Å². The van der Waals surface area contributed by atoms with E-state index in [2.05, 4.69) is 5.32 Å². The molecule has 7 nitrogen and oxygen atoms in total. The van der Waals surface area contributed by atoms with Gasteiger partial charge in [0.25, 0.3) is 0 Å². The minimum absolute atomic E-state index is 0.00949. The second-order valence-corrected chi connectivity index (χ2v) is 7.80. The van der Waals surface area contributed by atoms with Crippen molar-refractivity contribution in [3.63, 3.8) is 0 Å². The fourth-order valence-corrected chi connectivity index (χ4v) is 4.57. The van der Waals surface area contributed by atoms with E-state index in [1.54, 1.807) is 4.90 Å². The van der Waals surface area contributed by atoms with E-state index in [1.807, 2.05) is 31.2 Å². The Morgan fingerprint density at radius 3 is 2.55 bits per heavy atom. The Bertz CT molecular complexity index is 920. The minimum Gasteiger partial charge on any atom is -0.494 e. The Balaban J connectivity index is 1.78. The summed E-state index contributed by atoms with van der Waals surface area (Å²) >= 11 is 1.33. The predicted octanol–water partition coefficient (Wildman–Crippen LogP) is 3.02. The largest absolute Gasteiger partial charge is 0.494 e. The maximum atomic E-state index is 12.6. The average Bonchev–Trinajstić information content (AvgIpc) is 3.05. The number of esters is 1. The Kier molecular flexibility index (Phi) is 6.53. The first-order chi connectivity index (χ1) is 13.9. The van der Waals surface area contributed by atoms with Gasteiger partial charge in [-0.2, -0.15) is 0 Å². The summed E-state index contributed by atoms with van der Waals surface area (Å²) in [5.74, 6) is 0.0480. The van der Waals surface area contributed by atoms with Crippen LogP contribution in [-0.4, -0.2) is 42.9 Å². The number of anilines is 1. The van der Waals surface area contributed by atoms with Crippen LogP contribution in [0.5, 0.6) is 5.75 Å². The first-order valence-electron chi connectivity index (χ1n) is 9.42. The summed E-state index contributed by atoms with van der Waals surface area (Å²) in [4.78, 5) is 39.3. The summed E-state index contributed by atoms with van der Waals surface area (Å²) in [7, 11) is 1.32. The van der Waals surface area contributed by atoms with E-state index in [9.17, 15) is 14.4 Å². The van der Waals surface area contributed by atoms with Crippen molar-refractivity contribution in [1.82, 2.24) is 4.90 Å². The molecule has 0 aliphatic carbocycles. The third-order valence-electron chi connectivity index (χ3n) is 4.74. The van der Waals surface area contributed by atoms with Gasteiger partial charge in [-0.1, -0.05) is 12.1 Å². The Morgan fingerprint density at radius 2 is 1.93 bits per heavy atom. The molecular weight excluding hydrogens is 392 g/mol. The summed E-state index contributed by atoms with van der Waals surface area (Å²) in [6.45, 7) is 5.01. The van der Waals surface area contributed by atoms with E-state index in [-0.39, 0.29) is 18.2 Å². The van der Waals surface area contributed by atoms with Gasteiger partial charge in [-0.05, 0) is 36.6 Å². The molecule has 1 aromatic carbocycles. The number of benzene rings is 1. The van der Waals surface area contributed by atoms with Crippen molar-refractivity contribution in [1.29, 1.82) is 0 Å². The van der Waals surface area contributed by atoms with Crippen molar-refractivity contribution >= 4 is 34.1 Å². The number of hydrogen-bond donors (Lipinski definition) is 1. The summed E-state index contributed by atoms with van der Waals surface area (Å²) < 4.78 is 10.3. The van der Waals surface area contributed by atoms with Crippen LogP contribution in [0.25, 0.3) is 0 Å². The van der Waals surface area contributed by atoms with Crippen molar-refractivity contribution in [2.45, 2.75) is 33.2 Å². The Labute approximate surface area is 173 Å². The van der Waals surface area contributed by atoms with Gasteiger partial charge >= 0.3 is 5.97 Å². The normalized spacial score (nSPS) is 12.9. The topological polar surface area (TPSA) is 84.9 Å². The highest BCUT2D eigenvalue weighted by atomic mass is 32.1. The molecule has 0 spiro atoms. The van der Waals surface area contributed by atoms with Crippen LogP contribution in [-0.2, 0) is 33.7 Å². The lowest BCUT2D eigenvalue weighted by Gasteiger charge is -2.25. The van der Waals surface area contributed by atoms with Gasteiger partial charge in [0.2, 0.25) is 11.8 Å².